The van der Waals surface area contributed by atoms with E-state index in [0.29, 0.717) is 6.54 Å². The minimum absolute atomic E-state index is 0.0639. The van der Waals surface area contributed by atoms with Crippen LogP contribution >= 0.6 is 0 Å². The van der Waals surface area contributed by atoms with E-state index in [2.05, 4.69) is 15.3 Å². The van der Waals surface area contributed by atoms with Crippen LogP contribution in [0, 0.1) is 15.9 Å². The Morgan fingerprint density at radius 2 is 2.07 bits per heavy atom. The van der Waals surface area contributed by atoms with Gasteiger partial charge in [0, 0.05) is 67.9 Å². The van der Waals surface area contributed by atoms with Gasteiger partial charge >= 0.3 is 0 Å². The Bertz CT molecular complexity index is 1030. The van der Waals surface area contributed by atoms with Gasteiger partial charge in [-0.3, -0.25) is 14.8 Å². The lowest BCUT2D eigenvalue weighted by molar-refractivity contribution is -0.384. The number of aryl methyl sites for hydroxylation is 1. The first-order valence-electron chi connectivity index (χ1n) is 10.0. The number of benzene rings is 2. The van der Waals surface area contributed by atoms with Crippen LogP contribution in [0.3, 0.4) is 0 Å². The molecule has 0 spiro atoms. The summed E-state index contributed by atoms with van der Waals surface area (Å²) >= 11 is 0. The molecule has 1 fully saturated rings. The molecule has 3 aromatic rings. The summed E-state index contributed by atoms with van der Waals surface area (Å²) in [6, 6.07) is 13.5. The zero-order chi connectivity index (χ0) is 21.1. The number of nitro benzene ring substituents is 1. The molecule has 8 heteroatoms. The fourth-order valence-electron chi connectivity index (χ4n) is 3.96. The number of nitrogens with zero attached hydrogens (tertiary/aromatic N) is 4. The van der Waals surface area contributed by atoms with E-state index in [1.54, 1.807) is 28.9 Å². The van der Waals surface area contributed by atoms with Gasteiger partial charge in [-0.15, -0.1) is 0 Å². The number of nitrogens with one attached hydrogen (secondary N) is 1. The van der Waals surface area contributed by atoms with Gasteiger partial charge in [0.05, 0.1) is 10.6 Å². The maximum absolute atomic E-state index is 13.6. The zero-order valence-corrected chi connectivity index (χ0v) is 16.8. The Labute approximate surface area is 174 Å². The van der Waals surface area contributed by atoms with E-state index in [-0.39, 0.29) is 17.5 Å². The van der Waals surface area contributed by atoms with Crippen molar-refractivity contribution in [2.24, 2.45) is 7.05 Å². The van der Waals surface area contributed by atoms with Crippen LogP contribution in [-0.2, 0) is 13.6 Å². The second-order valence-corrected chi connectivity index (χ2v) is 7.63. The number of hydrogen-bond acceptors (Lipinski definition) is 5. The van der Waals surface area contributed by atoms with Crippen molar-refractivity contribution in [3.05, 3.63) is 76.2 Å². The third-order valence-corrected chi connectivity index (χ3v) is 5.43. The number of piperidine rings is 1. The fourth-order valence-corrected chi connectivity index (χ4v) is 3.96. The Kier molecular flexibility index (Phi) is 5.76. The number of anilines is 1. The van der Waals surface area contributed by atoms with Crippen molar-refractivity contribution in [2.45, 2.75) is 25.4 Å². The topological polar surface area (TPSA) is 76.2 Å². The summed E-state index contributed by atoms with van der Waals surface area (Å²) in [5, 5.41) is 19.1. The SMILES string of the molecule is Cn1cc(CNC2CCCN(c3cccc(F)c3)C2)c(-c2ccc([N+](=O)[O-])cc2)n1. The predicted octanol–water partition coefficient (Wildman–Crippen LogP) is 3.89. The van der Waals surface area contributed by atoms with Crippen LogP contribution in [0.15, 0.2) is 54.7 Å². The summed E-state index contributed by atoms with van der Waals surface area (Å²) in [6.45, 7) is 2.38. The van der Waals surface area contributed by atoms with Crippen LogP contribution in [0.4, 0.5) is 15.8 Å². The molecule has 2 heterocycles. The van der Waals surface area contributed by atoms with Crippen molar-refractivity contribution >= 4 is 11.4 Å². The van der Waals surface area contributed by atoms with Gasteiger partial charge in [-0.25, -0.2) is 4.39 Å². The van der Waals surface area contributed by atoms with E-state index in [1.807, 2.05) is 19.3 Å². The smallest absolute Gasteiger partial charge is 0.269 e. The summed E-state index contributed by atoms with van der Waals surface area (Å²) in [4.78, 5) is 12.7. The second kappa shape index (κ2) is 8.62. The van der Waals surface area contributed by atoms with E-state index in [1.165, 1.54) is 18.2 Å². The van der Waals surface area contributed by atoms with E-state index < -0.39 is 4.92 Å². The van der Waals surface area contributed by atoms with Crippen LogP contribution in [0.1, 0.15) is 18.4 Å². The minimum Gasteiger partial charge on any atom is -0.370 e. The molecule has 1 atom stereocenters. The highest BCUT2D eigenvalue weighted by atomic mass is 19.1. The summed E-state index contributed by atoms with van der Waals surface area (Å²) in [5.41, 5.74) is 3.68. The number of hydrogen-bond donors (Lipinski definition) is 1. The quantitative estimate of drug-likeness (QED) is 0.494. The molecule has 1 unspecified atom stereocenters. The molecule has 4 rings (SSSR count). The Morgan fingerprint density at radius 1 is 1.27 bits per heavy atom. The molecule has 7 nitrogen and oxygen atoms in total. The molecule has 1 aliphatic rings. The molecule has 0 saturated carbocycles. The first kappa shape index (κ1) is 20.0. The van der Waals surface area contributed by atoms with Gasteiger partial charge < -0.3 is 10.2 Å². The summed E-state index contributed by atoms with van der Waals surface area (Å²) in [7, 11) is 1.87. The number of rotatable bonds is 6. The summed E-state index contributed by atoms with van der Waals surface area (Å²) in [6.07, 6.45) is 4.06. The largest absolute Gasteiger partial charge is 0.370 e. The highest BCUT2D eigenvalue weighted by molar-refractivity contribution is 5.64. The fraction of sp³-hybridized carbons (Fsp3) is 0.318. The number of halogens is 1. The van der Waals surface area contributed by atoms with Crippen molar-refractivity contribution in [3.63, 3.8) is 0 Å². The normalized spacial score (nSPS) is 16.6. The molecule has 0 bridgehead atoms. The predicted molar refractivity (Wildman–Crippen MR) is 114 cm³/mol. The third-order valence-electron chi connectivity index (χ3n) is 5.43. The molecular formula is C22H24FN5O2. The Morgan fingerprint density at radius 3 is 2.80 bits per heavy atom. The monoisotopic (exact) mass is 409 g/mol. The average molecular weight is 409 g/mol. The minimum atomic E-state index is -0.405. The molecule has 0 radical (unpaired) electrons. The molecule has 1 aliphatic heterocycles. The second-order valence-electron chi connectivity index (χ2n) is 7.63. The molecule has 156 valence electrons. The third kappa shape index (κ3) is 4.49. The Hall–Kier alpha value is -3.26. The van der Waals surface area contributed by atoms with Crippen molar-refractivity contribution in [2.75, 3.05) is 18.0 Å². The number of aromatic nitrogens is 2. The first-order chi connectivity index (χ1) is 14.5. The van der Waals surface area contributed by atoms with E-state index in [9.17, 15) is 14.5 Å². The standard InChI is InChI=1S/C22H24FN5O2/c1-26-14-17(22(25-26)16-7-9-20(10-8-16)28(29)30)13-24-19-5-3-11-27(15-19)21-6-2-4-18(23)12-21/h2,4,6-10,12,14,19,24H,3,5,11,13,15H2,1H3. The molecule has 2 aromatic carbocycles. The van der Waals surface area contributed by atoms with Gasteiger partial charge in [0.2, 0.25) is 0 Å². The summed E-state index contributed by atoms with van der Waals surface area (Å²) in [5.74, 6) is -0.217. The number of nitro groups is 1. The van der Waals surface area contributed by atoms with Crippen molar-refractivity contribution < 1.29 is 9.31 Å². The highest BCUT2D eigenvalue weighted by Crippen LogP contribution is 2.25. The van der Waals surface area contributed by atoms with Crippen LogP contribution in [0.5, 0.6) is 0 Å². The van der Waals surface area contributed by atoms with Crippen molar-refractivity contribution in [1.82, 2.24) is 15.1 Å². The van der Waals surface area contributed by atoms with E-state index in [4.69, 9.17) is 0 Å². The van der Waals surface area contributed by atoms with Crippen molar-refractivity contribution in [1.29, 1.82) is 0 Å². The molecule has 1 aromatic heterocycles. The lowest BCUT2D eigenvalue weighted by Crippen LogP contribution is -2.45. The van der Waals surface area contributed by atoms with Crippen LogP contribution < -0.4 is 10.2 Å². The van der Waals surface area contributed by atoms with E-state index >= 15 is 0 Å². The lowest BCUT2D eigenvalue weighted by atomic mass is 10.0. The van der Waals surface area contributed by atoms with Gasteiger partial charge in [-0.1, -0.05) is 6.07 Å². The van der Waals surface area contributed by atoms with Gasteiger partial charge in [0.25, 0.3) is 5.69 Å². The maximum Gasteiger partial charge on any atom is 0.269 e. The van der Waals surface area contributed by atoms with Crippen LogP contribution in [0.25, 0.3) is 11.3 Å². The molecular weight excluding hydrogens is 385 g/mol. The molecule has 30 heavy (non-hydrogen) atoms. The zero-order valence-electron chi connectivity index (χ0n) is 16.8. The molecule has 0 amide bonds. The maximum atomic E-state index is 13.6. The van der Waals surface area contributed by atoms with Crippen LogP contribution in [-0.4, -0.2) is 33.8 Å². The van der Waals surface area contributed by atoms with Gasteiger partial charge in [-0.05, 0) is 43.2 Å². The highest BCUT2D eigenvalue weighted by Gasteiger charge is 2.21. The van der Waals surface area contributed by atoms with Crippen molar-refractivity contribution in [3.8, 4) is 11.3 Å². The van der Waals surface area contributed by atoms with Crippen LogP contribution in [0.2, 0.25) is 0 Å². The first-order valence-corrected chi connectivity index (χ1v) is 10.0. The van der Waals surface area contributed by atoms with Gasteiger partial charge in [0.1, 0.15) is 5.82 Å². The van der Waals surface area contributed by atoms with Gasteiger partial charge in [0.15, 0.2) is 0 Å². The lowest BCUT2D eigenvalue weighted by Gasteiger charge is -2.35. The Balaban J connectivity index is 1.44. The molecule has 0 aliphatic carbocycles. The molecule has 1 N–H and O–H groups in total. The van der Waals surface area contributed by atoms with Gasteiger partial charge in [-0.2, -0.15) is 5.10 Å². The average Bonchev–Trinajstić information content (AvgIpc) is 3.13. The van der Waals surface area contributed by atoms with E-state index in [0.717, 1.165) is 48.4 Å². The number of non-ortho nitro benzene ring substituents is 1. The molecule has 1 saturated heterocycles. The summed E-state index contributed by atoms with van der Waals surface area (Å²) < 4.78 is 15.3.